The zero-order chi connectivity index (χ0) is 22.0. The second kappa shape index (κ2) is 11.9. The standard InChI is InChI=1S/C20H24ClN3O4S2/c1-29-14-11-18(24-30(27,28)17-9-7-16(21)8-10-17)20(26)23-13-12-22-19(25)15-5-3-2-4-6-15/h2-10,18,24H,11-14H2,1H3,(H,22,25)(H,23,26). The van der Waals surface area contributed by atoms with Gasteiger partial charge in [0.25, 0.3) is 5.91 Å². The molecule has 0 bridgehead atoms. The van der Waals surface area contributed by atoms with Crippen molar-refractivity contribution in [2.24, 2.45) is 0 Å². The number of carbonyl (C=O) groups is 2. The van der Waals surface area contributed by atoms with E-state index in [1.807, 2.05) is 12.3 Å². The van der Waals surface area contributed by atoms with Crippen LogP contribution in [0, 0.1) is 0 Å². The van der Waals surface area contributed by atoms with Crippen molar-refractivity contribution in [3.05, 3.63) is 65.2 Å². The van der Waals surface area contributed by atoms with Crippen LogP contribution in [0.4, 0.5) is 0 Å². The second-order valence-electron chi connectivity index (χ2n) is 6.32. The molecule has 0 aliphatic carbocycles. The molecule has 2 amide bonds. The van der Waals surface area contributed by atoms with Crippen molar-refractivity contribution >= 4 is 45.2 Å². The summed E-state index contributed by atoms with van der Waals surface area (Å²) >= 11 is 7.32. The van der Waals surface area contributed by atoms with E-state index < -0.39 is 22.0 Å². The molecule has 0 aliphatic heterocycles. The van der Waals surface area contributed by atoms with E-state index in [1.165, 1.54) is 36.0 Å². The van der Waals surface area contributed by atoms with E-state index in [4.69, 9.17) is 11.6 Å². The van der Waals surface area contributed by atoms with Crippen molar-refractivity contribution in [3.63, 3.8) is 0 Å². The Bertz CT molecular complexity index is 938. The molecule has 0 aliphatic rings. The molecule has 0 heterocycles. The Morgan fingerprint density at radius 2 is 1.63 bits per heavy atom. The first-order valence-electron chi connectivity index (χ1n) is 9.21. The minimum Gasteiger partial charge on any atom is -0.353 e. The molecule has 7 nitrogen and oxygen atoms in total. The number of sulfonamides is 1. The molecule has 30 heavy (non-hydrogen) atoms. The van der Waals surface area contributed by atoms with Crippen LogP contribution in [0.5, 0.6) is 0 Å². The molecule has 0 saturated carbocycles. The summed E-state index contributed by atoms with van der Waals surface area (Å²) < 4.78 is 27.7. The van der Waals surface area contributed by atoms with Crippen LogP contribution in [0.1, 0.15) is 16.8 Å². The fourth-order valence-corrected chi connectivity index (χ4v) is 4.35. The smallest absolute Gasteiger partial charge is 0.251 e. The number of benzene rings is 2. The highest BCUT2D eigenvalue weighted by molar-refractivity contribution is 7.98. The molecular formula is C20H24ClN3O4S2. The fraction of sp³-hybridized carbons (Fsp3) is 0.300. The number of halogens is 1. The molecule has 2 aromatic carbocycles. The van der Waals surface area contributed by atoms with Crippen LogP contribution in [0.15, 0.2) is 59.5 Å². The van der Waals surface area contributed by atoms with Crippen molar-refractivity contribution < 1.29 is 18.0 Å². The monoisotopic (exact) mass is 469 g/mol. The lowest BCUT2D eigenvalue weighted by Crippen LogP contribution is -2.48. The average Bonchev–Trinajstić information content (AvgIpc) is 2.74. The second-order valence-corrected chi connectivity index (χ2v) is 9.46. The van der Waals surface area contributed by atoms with Gasteiger partial charge in [-0.25, -0.2) is 8.42 Å². The lowest BCUT2D eigenvalue weighted by atomic mass is 10.2. The van der Waals surface area contributed by atoms with Crippen LogP contribution in [0.3, 0.4) is 0 Å². The Labute approximate surface area is 186 Å². The molecule has 0 aromatic heterocycles. The number of carbonyl (C=O) groups excluding carboxylic acids is 2. The molecule has 10 heteroatoms. The van der Waals surface area contributed by atoms with Crippen molar-refractivity contribution in [3.8, 4) is 0 Å². The lowest BCUT2D eigenvalue weighted by molar-refractivity contribution is -0.122. The van der Waals surface area contributed by atoms with Crippen LogP contribution in [-0.2, 0) is 14.8 Å². The van der Waals surface area contributed by atoms with Gasteiger partial charge in [0.15, 0.2) is 0 Å². The van der Waals surface area contributed by atoms with E-state index in [1.54, 1.807) is 24.3 Å². The molecule has 2 aromatic rings. The minimum absolute atomic E-state index is 0.0315. The fourth-order valence-electron chi connectivity index (χ4n) is 2.52. The highest BCUT2D eigenvalue weighted by atomic mass is 35.5. The lowest BCUT2D eigenvalue weighted by Gasteiger charge is -2.18. The molecule has 0 spiro atoms. The van der Waals surface area contributed by atoms with Gasteiger partial charge in [0.1, 0.15) is 6.04 Å². The van der Waals surface area contributed by atoms with Crippen LogP contribution < -0.4 is 15.4 Å². The van der Waals surface area contributed by atoms with E-state index in [0.717, 1.165) is 0 Å². The molecule has 0 saturated heterocycles. The summed E-state index contributed by atoms with van der Waals surface area (Å²) in [6, 6.07) is 13.5. The Kier molecular flexibility index (Phi) is 9.64. The number of amides is 2. The summed E-state index contributed by atoms with van der Waals surface area (Å²) in [6.07, 6.45) is 2.21. The Morgan fingerprint density at radius 1 is 1.00 bits per heavy atom. The molecule has 1 unspecified atom stereocenters. The summed E-state index contributed by atoms with van der Waals surface area (Å²) in [6.45, 7) is 0.397. The van der Waals surface area contributed by atoms with Crippen molar-refractivity contribution in [2.75, 3.05) is 25.1 Å². The molecular weight excluding hydrogens is 446 g/mol. The number of nitrogens with one attached hydrogen (secondary N) is 3. The van der Waals surface area contributed by atoms with Gasteiger partial charge in [0.2, 0.25) is 15.9 Å². The third-order valence-electron chi connectivity index (χ3n) is 4.09. The molecule has 3 N–H and O–H groups in total. The molecule has 2 rings (SSSR count). The van der Waals surface area contributed by atoms with Gasteiger partial charge in [-0.15, -0.1) is 0 Å². The van der Waals surface area contributed by atoms with Crippen LogP contribution >= 0.6 is 23.4 Å². The SMILES string of the molecule is CSCCC(NS(=O)(=O)c1ccc(Cl)cc1)C(=O)NCCNC(=O)c1ccccc1. The first-order valence-corrected chi connectivity index (χ1v) is 12.5. The maximum absolute atomic E-state index is 12.6. The van der Waals surface area contributed by atoms with Crippen molar-refractivity contribution in [1.29, 1.82) is 0 Å². The van der Waals surface area contributed by atoms with Gasteiger partial charge in [-0.2, -0.15) is 16.5 Å². The van der Waals surface area contributed by atoms with Gasteiger partial charge in [-0.3, -0.25) is 9.59 Å². The quantitative estimate of drug-likeness (QED) is 0.438. The zero-order valence-electron chi connectivity index (χ0n) is 16.4. The molecule has 0 radical (unpaired) electrons. The van der Waals surface area contributed by atoms with E-state index in [2.05, 4.69) is 15.4 Å². The van der Waals surface area contributed by atoms with Gasteiger partial charge in [0.05, 0.1) is 4.90 Å². The summed E-state index contributed by atoms with van der Waals surface area (Å²) in [5, 5.41) is 5.80. The summed E-state index contributed by atoms with van der Waals surface area (Å²) in [5.41, 5.74) is 0.525. The average molecular weight is 470 g/mol. The van der Waals surface area contributed by atoms with Crippen LogP contribution in [0.2, 0.25) is 5.02 Å². The van der Waals surface area contributed by atoms with Crippen LogP contribution in [0.25, 0.3) is 0 Å². The molecule has 0 fully saturated rings. The number of hydrogen-bond acceptors (Lipinski definition) is 5. The van der Waals surface area contributed by atoms with Crippen molar-refractivity contribution in [1.82, 2.24) is 15.4 Å². The van der Waals surface area contributed by atoms with Gasteiger partial charge in [0, 0.05) is 23.7 Å². The van der Waals surface area contributed by atoms with E-state index in [-0.39, 0.29) is 23.9 Å². The predicted molar refractivity (Wildman–Crippen MR) is 120 cm³/mol. The number of rotatable bonds is 11. The highest BCUT2D eigenvalue weighted by Gasteiger charge is 2.25. The summed E-state index contributed by atoms with van der Waals surface area (Å²) in [5.74, 6) is -0.0887. The normalized spacial score (nSPS) is 12.2. The third-order valence-corrected chi connectivity index (χ3v) is 6.48. The Balaban J connectivity index is 1.91. The molecule has 162 valence electrons. The van der Waals surface area contributed by atoms with Crippen LogP contribution in [-0.4, -0.2) is 51.4 Å². The minimum atomic E-state index is -3.88. The maximum Gasteiger partial charge on any atom is 0.251 e. The Morgan fingerprint density at radius 3 is 2.27 bits per heavy atom. The summed E-state index contributed by atoms with van der Waals surface area (Å²) in [4.78, 5) is 24.6. The van der Waals surface area contributed by atoms with E-state index in [9.17, 15) is 18.0 Å². The first-order chi connectivity index (χ1) is 14.3. The number of thioether (sulfide) groups is 1. The topological polar surface area (TPSA) is 104 Å². The predicted octanol–water partition coefficient (Wildman–Crippen LogP) is 2.29. The van der Waals surface area contributed by atoms with Gasteiger partial charge < -0.3 is 10.6 Å². The third kappa shape index (κ3) is 7.64. The first kappa shape index (κ1) is 24.2. The Hall–Kier alpha value is -2.07. The van der Waals surface area contributed by atoms with Gasteiger partial charge in [-0.1, -0.05) is 29.8 Å². The maximum atomic E-state index is 12.6. The van der Waals surface area contributed by atoms with Crippen molar-refractivity contribution in [2.45, 2.75) is 17.4 Å². The van der Waals surface area contributed by atoms with Gasteiger partial charge >= 0.3 is 0 Å². The zero-order valence-corrected chi connectivity index (χ0v) is 18.8. The summed E-state index contributed by atoms with van der Waals surface area (Å²) in [7, 11) is -3.88. The molecule has 1 atom stereocenters. The highest BCUT2D eigenvalue weighted by Crippen LogP contribution is 2.15. The van der Waals surface area contributed by atoms with E-state index in [0.29, 0.717) is 22.8 Å². The number of hydrogen-bond donors (Lipinski definition) is 3. The van der Waals surface area contributed by atoms with Gasteiger partial charge in [-0.05, 0) is 54.8 Å². The van der Waals surface area contributed by atoms with E-state index >= 15 is 0 Å². The largest absolute Gasteiger partial charge is 0.353 e.